The van der Waals surface area contributed by atoms with Crippen molar-refractivity contribution in [3.8, 4) is 5.75 Å². The van der Waals surface area contributed by atoms with Gasteiger partial charge in [-0.2, -0.15) is 0 Å². The van der Waals surface area contributed by atoms with Gasteiger partial charge in [-0.1, -0.05) is 0 Å². The Labute approximate surface area is 101 Å². The average molecular weight is 234 g/mol. The fourth-order valence-corrected chi connectivity index (χ4v) is 1.94. The van der Waals surface area contributed by atoms with E-state index in [-0.39, 0.29) is 5.91 Å². The number of hydrogen-bond acceptors (Lipinski definition) is 3. The summed E-state index contributed by atoms with van der Waals surface area (Å²) >= 11 is 0. The van der Waals surface area contributed by atoms with E-state index in [0.717, 1.165) is 31.7 Å². The number of carbonyl (C=O) groups excluding carboxylic acids is 1. The number of hydrogen-bond donors (Lipinski definition) is 1. The van der Waals surface area contributed by atoms with Crippen LogP contribution in [0.2, 0.25) is 0 Å². The number of benzene rings is 1. The molecule has 1 aromatic rings. The average Bonchev–Trinajstić information content (AvgIpc) is 2.85. The van der Waals surface area contributed by atoms with E-state index < -0.39 is 0 Å². The number of nitrogen functional groups attached to an aromatic ring is 1. The van der Waals surface area contributed by atoms with Gasteiger partial charge in [0.25, 0.3) is 0 Å². The van der Waals surface area contributed by atoms with E-state index in [1.54, 1.807) is 12.1 Å². The maximum Gasteiger partial charge on any atom is 0.225 e. The molecule has 1 heterocycles. The van der Waals surface area contributed by atoms with Crippen LogP contribution in [0.5, 0.6) is 5.75 Å². The monoisotopic (exact) mass is 234 g/mol. The predicted octanol–water partition coefficient (Wildman–Crippen LogP) is 1.66. The smallest absolute Gasteiger partial charge is 0.225 e. The van der Waals surface area contributed by atoms with Crippen LogP contribution in [-0.4, -0.2) is 30.5 Å². The molecule has 0 aliphatic carbocycles. The van der Waals surface area contributed by atoms with E-state index in [0.29, 0.717) is 18.7 Å². The molecule has 1 aliphatic heterocycles. The Morgan fingerprint density at radius 1 is 1.24 bits per heavy atom. The Kier molecular flexibility index (Phi) is 3.85. The summed E-state index contributed by atoms with van der Waals surface area (Å²) in [5, 5.41) is 0. The van der Waals surface area contributed by atoms with E-state index in [1.165, 1.54) is 0 Å². The number of nitrogens with zero attached hydrogens (tertiary/aromatic N) is 1. The molecule has 92 valence electrons. The van der Waals surface area contributed by atoms with E-state index in [4.69, 9.17) is 10.5 Å². The van der Waals surface area contributed by atoms with Crippen LogP contribution in [0.3, 0.4) is 0 Å². The SMILES string of the molecule is Nc1ccc(OCCC(=O)N2CCCC2)cc1. The number of likely N-dealkylation sites (tertiary alicyclic amines) is 1. The molecule has 17 heavy (non-hydrogen) atoms. The predicted molar refractivity (Wildman–Crippen MR) is 66.8 cm³/mol. The number of carbonyl (C=O) groups is 1. The number of ether oxygens (including phenoxy) is 1. The lowest BCUT2D eigenvalue weighted by Crippen LogP contribution is -2.28. The van der Waals surface area contributed by atoms with Crippen molar-refractivity contribution in [3.63, 3.8) is 0 Å². The van der Waals surface area contributed by atoms with Gasteiger partial charge in [-0.15, -0.1) is 0 Å². The first-order chi connectivity index (χ1) is 8.25. The third-order valence-electron chi connectivity index (χ3n) is 2.92. The molecule has 0 spiro atoms. The van der Waals surface area contributed by atoms with Gasteiger partial charge in [-0.25, -0.2) is 0 Å². The van der Waals surface area contributed by atoms with Crippen molar-refractivity contribution in [2.75, 3.05) is 25.4 Å². The minimum Gasteiger partial charge on any atom is -0.493 e. The molecule has 4 nitrogen and oxygen atoms in total. The van der Waals surface area contributed by atoms with Crippen LogP contribution >= 0.6 is 0 Å². The lowest BCUT2D eigenvalue weighted by Gasteiger charge is -2.15. The molecule has 1 amide bonds. The molecule has 0 bridgehead atoms. The van der Waals surface area contributed by atoms with Gasteiger partial charge in [0.05, 0.1) is 13.0 Å². The molecule has 0 saturated carbocycles. The van der Waals surface area contributed by atoms with Crippen LogP contribution in [-0.2, 0) is 4.79 Å². The minimum atomic E-state index is 0.193. The van der Waals surface area contributed by atoms with Crippen LogP contribution in [0.25, 0.3) is 0 Å². The minimum absolute atomic E-state index is 0.193. The Balaban J connectivity index is 1.72. The van der Waals surface area contributed by atoms with E-state index in [2.05, 4.69) is 0 Å². The first-order valence-corrected chi connectivity index (χ1v) is 6.02. The van der Waals surface area contributed by atoms with Crippen LogP contribution in [0.1, 0.15) is 19.3 Å². The number of anilines is 1. The lowest BCUT2D eigenvalue weighted by molar-refractivity contribution is -0.130. The molecule has 1 aliphatic rings. The molecule has 0 radical (unpaired) electrons. The molecular weight excluding hydrogens is 216 g/mol. The maximum atomic E-state index is 11.7. The molecule has 1 saturated heterocycles. The fourth-order valence-electron chi connectivity index (χ4n) is 1.94. The highest BCUT2D eigenvalue weighted by Crippen LogP contribution is 2.14. The van der Waals surface area contributed by atoms with E-state index in [1.807, 2.05) is 17.0 Å². The fraction of sp³-hybridized carbons (Fsp3) is 0.462. The van der Waals surface area contributed by atoms with Crippen molar-refractivity contribution < 1.29 is 9.53 Å². The van der Waals surface area contributed by atoms with Gasteiger partial charge in [0.2, 0.25) is 5.91 Å². The summed E-state index contributed by atoms with van der Waals surface area (Å²) in [6, 6.07) is 7.21. The highest BCUT2D eigenvalue weighted by molar-refractivity contribution is 5.76. The normalized spacial score (nSPS) is 14.9. The topological polar surface area (TPSA) is 55.6 Å². The van der Waals surface area contributed by atoms with Crippen molar-refractivity contribution in [1.29, 1.82) is 0 Å². The van der Waals surface area contributed by atoms with Crippen molar-refractivity contribution in [2.45, 2.75) is 19.3 Å². The molecule has 0 unspecified atom stereocenters. The summed E-state index contributed by atoms with van der Waals surface area (Å²) in [5.74, 6) is 0.950. The van der Waals surface area contributed by atoms with Gasteiger partial charge in [0.15, 0.2) is 0 Å². The van der Waals surface area contributed by atoms with Gasteiger partial charge in [-0.3, -0.25) is 4.79 Å². The molecule has 0 aromatic heterocycles. The van der Waals surface area contributed by atoms with Crippen molar-refractivity contribution >= 4 is 11.6 Å². The first-order valence-electron chi connectivity index (χ1n) is 6.02. The van der Waals surface area contributed by atoms with E-state index in [9.17, 15) is 4.79 Å². The number of rotatable bonds is 4. The van der Waals surface area contributed by atoms with Gasteiger partial charge in [0.1, 0.15) is 5.75 Å². The van der Waals surface area contributed by atoms with Gasteiger partial charge in [0, 0.05) is 18.8 Å². The van der Waals surface area contributed by atoms with Gasteiger partial charge in [-0.05, 0) is 37.1 Å². The molecule has 1 fully saturated rings. The number of amides is 1. The highest BCUT2D eigenvalue weighted by atomic mass is 16.5. The zero-order valence-corrected chi connectivity index (χ0v) is 9.89. The van der Waals surface area contributed by atoms with E-state index >= 15 is 0 Å². The van der Waals surface area contributed by atoms with Crippen LogP contribution in [0.4, 0.5) is 5.69 Å². The Morgan fingerprint density at radius 3 is 2.53 bits per heavy atom. The third-order valence-corrected chi connectivity index (χ3v) is 2.92. The van der Waals surface area contributed by atoms with Gasteiger partial charge < -0.3 is 15.4 Å². The summed E-state index contributed by atoms with van der Waals surface area (Å²) in [6.07, 6.45) is 2.71. The highest BCUT2D eigenvalue weighted by Gasteiger charge is 2.17. The molecule has 0 atom stereocenters. The van der Waals surface area contributed by atoms with Gasteiger partial charge >= 0.3 is 0 Å². The summed E-state index contributed by atoms with van der Waals surface area (Å²) < 4.78 is 5.49. The number of nitrogens with two attached hydrogens (primary N) is 1. The zero-order valence-electron chi connectivity index (χ0n) is 9.89. The summed E-state index contributed by atoms with van der Waals surface area (Å²) in [7, 11) is 0. The molecule has 4 heteroatoms. The standard InChI is InChI=1S/C13H18N2O2/c14-11-3-5-12(6-4-11)17-10-7-13(16)15-8-1-2-9-15/h3-6H,1-2,7-10,14H2. The maximum absolute atomic E-state index is 11.7. The summed E-state index contributed by atoms with van der Waals surface area (Å²) in [4.78, 5) is 13.6. The second-order valence-corrected chi connectivity index (χ2v) is 4.26. The van der Waals surface area contributed by atoms with Crippen LogP contribution in [0.15, 0.2) is 24.3 Å². The lowest BCUT2D eigenvalue weighted by atomic mass is 10.3. The van der Waals surface area contributed by atoms with Crippen LogP contribution in [0, 0.1) is 0 Å². The van der Waals surface area contributed by atoms with Crippen LogP contribution < -0.4 is 10.5 Å². The summed E-state index contributed by atoms with van der Waals surface area (Å²) in [5.41, 5.74) is 6.28. The quantitative estimate of drug-likeness (QED) is 0.806. The third kappa shape index (κ3) is 3.37. The molecule has 2 N–H and O–H groups in total. The van der Waals surface area contributed by atoms with Crippen molar-refractivity contribution in [3.05, 3.63) is 24.3 Å². The first kappa shape index (κ1) is 11.8. The second-order valence-electron chi connectivity index (χ2n) is 4.26. The molecule has 2 rings (SSSR count). The Morgan fingerprint density at radius 2 is 1.88 bits per heavy atom. The Bertz CT molecular complexity index is 370. The van der Waals surface area contributed by atoms with Crippen molar-refractivity contribution in [1.82, 2.24) is 4.90 Å². The Hall–Kier alpha value is -1.71. The molecule has 1 aromatic carbocycles. The second kappa shape index (κ2) is 5.57. The molecular formula is C13H18N2O2. The largest absolute Gasteiger partial charge is 0.493 e. The van der Waals surface area contributed by atoms with Crippen molar-refractivity contribution in [2.24, 2.45) is 0 Å². The zero-order chi connectivity index (χ0) is 12.1. The summed E-state index contributed by atoms with van der Waals surface area (Å²) in [6.45, 7) is 2.24.